The number of halogens is 1. The van der Waals surface area contributed by atoms with Crippen LogP contribution in [0.5, 0.6) is 5.75 Å². The SMILES string of the molecule is CCCCc1nc2c(CO)c(Cl)ccc2n1Cc1ccc(OC(c2ccccc2)c2ccccc2C(=O)O)cc1. The highest BCUT2D eigenvalue weighted by molar-refractivity contribution is 6.32. The van der Waals surface area contributed by atoms with Crippen molar-refractivity contribution in [3.63, 3.8) is 0 Å². The second-order valence-corrected chi connectivity index (χ2v) is 10.1. The van der Waals surface area contributed by atoms with E-state index in [0.717, 1.165) is 47.2 Å². The van der Waals surface area contributed by atoms with Crippen LogP contribution in [-0.4, -0.2) is 25.7 Å². The summed E-state index contributed by atoms with van der Waals surface area (Å²) in [5.41, 5.74) is 5.05. The number of benzene rings is 4. The number of aliphatic hydroxyl groups is 1. The molecule has 0 aliphatic heterocycles. The van der Waals surface area contributed by atoms with E-state index in [2.05, 4.69) is 11.5 Å². The number of carbonyl (C=O) groups is 1. The molecule has 0 radical (unpaired) electrons. The van der Waals surface area contributed by atoms with E-state index in [4.69, 9.17) is 21.3 Å². The van der Waals surface area contributed by atoms with Crippen molar-refractivity contribution in [3.8, 4) is 5.75 Å². The quantitative estimate of drug-likeness (QED) is 0.177. The first-order valence-corrected chi connectivity index (χ1v) is 13.8. The maximum absolute atomic E-state index is 12.0. The normalized spacial score (nSPS) is 12.0. The van der Waals surface area contributed by atoms with Crippen molar-refractivity contribution in [2.75, 3.05) is 0 Å². The molecule has 7 heteroatoms. The van der Waals surface area contributed by atoms with E-state index < -0.39 is 12.1 Å². The highest BCUT2D eigenvalue weighted by Crippen LogP contribution is 2.32. The summed E-state index contributed by atoms with van der Waals surface area (Å²) in [6.07, 6.45) is 2.31. The molecule has 0 aliphatic carbocycles. The van der Waals surface area contributed by atoms with Gasteiger partial charge in [-0.3, -0.25) is 0 Å². The van der Waals surface area contributed by atoms with Crippen molar-refractivity contribution < 1.29 is 19.7 Å². The van der Waals surface area contributed by atoms with Gasteiger partial charge in [-0.05, 0) is 47.9 Å². The topological polar surface area (TPSA) is 84.6 Å². The molecule has 5 aromatic rings. The molecule has 0 spiro atoms. The number of hydrogen-bond acceptors (Lipinski definition) is 4. The number of aromatic nitrogens is 2. The highest BCUT2D eigenvalue weighted by Gasteiger charge is 2.22. The first-order valence-electron chi connectivity index (χ1n) is 13.4. The van der Waals surface area contributed by atoms with Crippen molar-refractivity contribution in [2.45, 2.75) is 45.4 Å². The van der Waals surface area contributed by atoms with Gasteiger partial charge >= 0.3 is 5.97 Å². The minimum atomic E-state index is -0.993. The Hall–Kier alpha value is -4.13. The fraction of sp³-hybridized carbons (Fsp3) is 0.212. The Morgan fingerprint density at radius 1 is 0.975 bits per heavy atom. The first kappa shape index (κ1) is 27.4. The van der Waals surface area contributed by atoms with Gasteiger partial charge in [-0.1, -0.05) is 85.6 Å². The summed E-state index contributed by atoms with van der Waals surface area (Å²) in [5, 5.41) is 20.2. The molecule has 204 valence electrons. The number of aromatic carboxylic acids is 1. The number of carboxylic acid groups (broad SMARTS) is 1. The number of carboxylic acids is 1. The lowest BCUT2D eigenvalue weighted by Crippen LogP contribution is -2.14. The number of ether oxygens (including phenoxy) is 1. The lowest BCUT2D eigenvalue weighted by atomic mass is 9.96. The van der Waals surface area contributed by atoms with Gasteiger partial charge in [0.25, 0.3) is 0 Å². The van der Waals surface area contributed by atoms with Crippen LogP contribution in [0.1, 0.15) is 64.3 Å². The second-order valence-electron chi connectivity index (χ2n) is 9.71. The van der Waals surface area contributed by atoms with Gasteiger partial charge in [-0.25, -0.2) is 9.78 Å². The van der Waals surface area contributed by atoms with Crippen molar-refractivity contribution in [3.05, 3.63) is 130 Å². The maximum Gasteiger partial charge on any atom is 0.336 e. The summed E-state index contributed by atoms with van der Waals surface area (Å²) in [4.78, 5) is 16.8. The summed E-state index contributed by atoms with van der Waals surface area (Å²) in [6, 6.07) is 28.2. The Bertz CT molecular complexity index is 1610. The zero-order chi connectivity index (χ0) is 28.1. The molecule has 0 saturated heterocycles. The molecule has 0 bridgehead atoms. The molecule has 5 rings (SSSR count). The summed E-state index contributed by atoms with van der Waals surface area (Å²) in [6.45, 7) is 2.59. The molecule has 1 aromatic heterocycles. The molecule has 1 heterocycles. The van der Waals surface area contributed by atoms with Crippen LogP contribution in [0, 0.1) is 0 Å². The zero-order valence-corrected chi connectivity index (χ0v) is 23.0. The molecule has 1 atom stereocenters. The van der Waals surface area contributed by atoms with Gasteiger partial charge < -0.3 is 19.5 Å². The lowest BCUT2D eigenvalue weighted by molar-refractivity contribution is 0.0692. The molecule has 0 amide bonds. The average molecular weight is 555 g/mol. The van der Waals surface area contributed by atoms with Gasteiger partial charge in [0, 0.05) is 29.1 Å². The Kier molecular flexibility index (Phi) is 8.48. The van der Waals surface area contributed by atoms with Crippen molar-refractivity contribution >= 4 is 28.6 Å². The van der Waals surface area contributed by atoms with Crippen LogP contribution in [-0.2, 0) is 19.6 Å². The molecule has 40 heavy (non-hydrogen) atoms. The molecular weight excluding hydrogens is 524 g/mol. The molecule has 0 aliphatic rings. The second kappa shape index (κ2) is 12.4. The largest absolute Gasteiger partial charge is 0.481 e. The lowest BCUT2D eigenvalue weighted by Gasteiger charge is -2.22. The number of imidazole rings is 1. The van der Waals surface area contributed by atoms with Crippen LogP contribution in [0.3, 0.4) is 0 Å². The van der Waals surface area contributed by atoms with E-state index in [-0.39, 0.29) is 12.2 Å². The van der Waals surface area contributed by atoms with E-state index in [1.54, 1.807) is 18.2 Å². The first-order chi connectivity index (χ1) is 19.5. The fourth-order valence-electron chi connectivity index (χ4n) is 4.97. The molecule has 0 fully saturated rings. The van der Waals surface area contributed by atoms with Gasteiger partial charge in [-0.15, -0.1) is 0 Å². The number of aliphatic hydroxyl groups excluding tert-OH is 1. The minimum Gasteiger partial charge on any atom is -0.481 e. The van der Waals surface area contributed by atoms with Gasteiger partial charge in [0.2, 0.25) is 0 Å². The molecular formula is C33H31ClN2O4. The number of hydrogen-bond donors (Lipinski definition) is 2. The predicted molar refractivity (Wildman–Crippen MR) is 157 cm³/mol. The van der Waals surface area contributed by atoms with E-state index in [1.807, 2.05) is 72.8 Å². The number of aryl methyl sites for hydroxylation is 1. The maximum atomic E-state index is 12.0. The number of rotatable bonds is 11. The third-order valence-electron chi connectivity index (χ3n) is 7.05. The fourth-order valence-corrected chi connectivity index (χ4v) is 5.19. The van der Waals surface area contributed by atoms with Gasteiger partial charge in [0.1, 0.15) is 17.7 Å². The van der Waals surface area contributed by atoms with Crippen LogP contribution in [0.4, 0.5) is 0 Å². The van der Waals surface area contributed by atoms with Crippen LogP contribution in [0.15, 0.2) is 91.0 Å². The van der Waals surface area contributed by atoms with Crippen LogP contribution >= 0.6 is 11.6 Å². The van der Waals surface area contributed by atoms with E-state index in [9.17, 15) is 15.0 Å². The van der Waals surface area contributed by atoms with Crippen LogP contribution < -0.4 is 4.74 Å². The Morgan fingerprint density at radius 2 is 1.70 bits per heavy atom. The van der Waals surface area contributed by atoms with Crippen molar-refractivity contribution in [1.82, 2.24) is 9.55 Å². The van der Waals surface area contributed by atoms with E-state index >= 15 is 0 Å². The molecule has 6 nitrogen and oxygen atoms in total. The van der Waals surface area contributed by atoms with Crippen molar-refractivity contribution in [1.29, 1.82) is 0 Å². The van der Waals surface area contributed by atoms with Crippen LogP contribution in [0.2, 0.25) is 5.02 Å². The Labute approximate surface area is 238 Å². The van der Waals surface area contributed by atoms with E-state index in [1.165, 1.54) is 0 Å². The summed E-state index contributed by atoms with van der Waals surface area (Å²) >= 11 is 6.35. The average Bonchev–Trinajstić information content (AvgIpc) is 3.32. The smallest absolute Gasteiger partial charge is 0.336 e. The number of nitrogens with zero attached hydrogens (tertiary/aromatic N) is 2. The third kappa shape index (κ3) is 5.74. The number of fused-ring (bicyclic) bond motifs is 1. The van der Waals surface area contributed by atoms with E-state index in [0.29, 0.717) is 28.4 Å². The van der Waals surface area contributed by atoms with Gasteiger partial charge in [-0.2, -0.15) is 0 Å². The highest BCUT2D eigenvalue weighted by atomic mass is 35.5. The molecule has 1 unspecified atom stereocenters. The molecule has 4 aromatic carbocycles. The number of unbranched alkanes of at least 4 members (excludes halogenated alkanes) is 1. The Balaban J connectivity index is 1.46. The summed E-state index contributed by atoms with van der Waals surface area (Å²) in [5.74, 6) is 0.602. The zero-order valence-electron chi connectivity index (χ0n) is 22.3. The predicted octanol–water partition coefficient (Wildman–Crippen LogP) is 7.44. The van der Waals surface area contributed by atoms with Crippen LogP contribution in [0.25, 0.3) is 11.0 Å². The van der Waals surface area contributed by atoms with Gasteiger partial charge in [0.15, 0.2) is 0 Å². The standard InChI is InChI=1S/C33H31ClN2O4/c1-2-3-13-30-35-31-27(21-37)28(34)18-19-29(31)36(30)20-22-14-16-24(17-15-22)40-32(23-9-5-4-6-10-23)25-11-7-8-12-26(25)33(38)39/h4-12,14-19,32,37H,2-3,13,20-21H2,1H3,(H,38,39). The van der Waals surface area contributed by atoms with Crippen molar-refractivity contribution in [2.24, 2.45) is 0 Å². The Morgan fingerprint density at radius 3 is 2.40 bits per heavy atom. The summed E-state index contributed by atoms with van der Waals surface area (Å²) in [7, 11) is 0. The van der Waals surface area contributed by atoms with Gasteiger partial charge in [0.05, 0.1) is 23.2 Å². The summed E-state index contributed by atoms with van der Waals surface area (Å²) < 4.78 is 8.62. The minimum absolute atomic E-state index is 0.167. The molecule has 2 N–H and O–H groups in total. The molecule has 0 saturated carbocycles. The third-order valence-corrected chi connectivity index (χ3v) is 7.41. The monoisotopic (exact) mass is 554 g/mol.